The first kappa shape index (κ1) is 14.8. The van der Waals surface area contributed by atoms with Crippen LogP contribution in [-0.2, 0) is 4.79 Å². The molecule has 0 saturated carbocycles. The fourth-order valence-corrected chi connectivity index (χ4v) is 1.50. The van der Waals surface area contributed by atoms with Gasteiger partial charge in [-0.25, -0.2) is 0 Å². The third-order valence-corrected chi connectivity index (χ3v) is 2.84. The minimum Gasteiger partial charge on any atom is -0.487 e. The van der Waals surface area contributed by atoms with Crippen molar-refractivity contribution in [1.29, 1.82) is 0 Å². The Labute approximate surface area is 112 Å². The van der Waals surface area contributed by atoms with Crippen LogP contribution in [0, 0.1) is 5.92 Å². The van der Waals surface area contributed by atoms with E-state index in [1.165, 1.54) is 0 Å². The molecule has 1 aromatic carbocycles. The second-order valence-electron chi connectivity index (χ2n) is 4.24. The van der Waals surface area contributed by atoms with Crippen molar-refractivity contribution < 1.29 is 9.53 Å². The topological polar surface area (TPSA) is 64.4 Å². The van der Waals surface area contributed by atoms with Gasteiger partial charge in [-0.05, 0) is 19.1 Å². The van der Waals surface area contributed by atoms with E-state index in [1.807, 2.05) is 19.1 Å². The molecule has 100 valence electrons. The van der Waals surface area contributed by atoms with Crippen LogP contribution in [0.15, 0.2) is 24.3 Å². The van der Waals surface area contributed by atoms with Gasteiger partial charge in [-0.2, -0.15) is 0 Å². The molecule has 1 aromatic rings. The summed E-state index contributed by atoms with van der Waals surface area (Å²) in [6, 6.07) is 7.25. The summed E-state index contributed by atoms with van der Waals surface area (Å²) in [5, 5.41) is 3.35. The van der Waals surface area contributed by atoms with Crippen LogP contribution in [0.1, 0.15) is 13.8 Å². The molecule has 2 unspecified atom stereocenters. The predicted octanol–water partition coefficient (Wildman–Crippen LogP) is 1.82. The average molecular weight is 271 g/mol. The van der Waals surface area contributed by atoms with Gasteiger partial charge in [-0.3, -0.25) is 4.79 Å². The predicted molar refractivity (Wildman–Crippen MR) is 72.8 cm³/mol. The molecule has 0 radical (unpaired) electrons. The lowest BCUT2D eigenvalue weighted by atomic mass is 10.1. The molecule has 0 spiro atoms. The second-order valence-corrected chi connectivity index (χ2v) is 4.65. The normalized spacial score (nSPS) is 13.8. The van der Waals surface area contributed by atoms with Crippen molar-refractivity contribution in [3.63, 3.8) is 0 Å². The fraction of sp³-hybridized carbons (Fsp3) is 0.462. The van der Waals surface area contributed by atoms with E-state index in [-0.39, 0.29) is 17.9 Å². The Hall–Kier alpha value is -1.26. The number of nitrogens with two attached hydrogens (primary N) is 1. The molecule has 0 aromatic heterocycles. The molecule has 0 aliphatic heterocycles. The Bertz CT molecular complexity index is 398. The summed E-state index contributed by atoms with van der Waals surface area (Å²) in [6.45, 7) is 4.42. The van der Waals surface area contributed by atoms with Gasteiger partial charge < -0.3 is 15.8 Å². The van der Waals surface area contributed by atoms with Gasteiger partial charge in [0.15, 0.2) is 0 Å². The smallest absolute Gasteiger partial charge is 0.224 e. The van der Waals surface area contributed by atoms with E-state index in [0.717, 1.165) is 0 Å². The number of hydrogen-bond acceptors (Lipinski definition) is 3. The van der Waals surface area contributed by atoms with Crippen molar-refractivity contribution >= 4 is 17.5 Å². The van der Waals surface area contributed by atoms with Gasteiger partial charge in [-0.15, -0.1) is 0 Å². The van der Waals surface area contributed by atoms with E-state index in [2.05, 4.69) is 5.32 Å². The van der Waals surface area contributed by atoms with Crippen LogP contribution >= 0.6 is 11.6 Å². The highest BCUT2D eigenvalue weighted by atomic mass is 35.5. The lowest BCUT2D eigenvalue weighted by Gasteiger charge is -2.17. The first-order valence-corrected chi connectivity index (χ1v) is 6.31. The van der Waals surface area contributed by atoms with Gasteiger partial charge in [0.05, 0.1) is 11.6 Å². The summed E-state index contributed by atoms with van der Waals surface area (Å²) >= 11 is 5.98. The zero-order valence-electron chi connectivity index (χ0n) is 10.7. The highest BCUT2D eigenvalue weighted by molar-refractivity contribution is 6.32. The molecule has 0 aliphatic carbocycles. The van der Waals surface area contributed by atoms with E-state index in [1.54, 1.807) is 19.1 Å². The molecule has 0 fully saturated rings. The first-order valence-electron chi connectivity index (χ1n) is 5.93. The summed E-state index contributed by atoms with van der Waals surface area (Å²) in [7, 11) is 0. The molecule has 0 saturated heterocycles. The van der Waals surface area contributed by atoms with E-state index in [9.17, 15) is 4.79 Å². The molecule has 0 bridgehead atoms. The maximum absolute atomic E-state index is 11.5. The minimum atomic E-state index is -0.183. The van der Waals surface area contributed by atoms with Gasteiger partial charge in [-0.1, -0.05) is 30.7 Å². The third-order valence-electron chi connectivity index (χ3n) is 2.53. The molecule has 2 atom stereocenters. The van der Waals surface area contributed by atoms with Gasteiger partial charge >= 0.3 is 0 Å². The Balaban J connectivity index is 2.41. The summed E-state index contributed by atoms with van der Waals surface area (Å²) in [6.07, 6.45) is -0.154. The van der Waals surface area contributed by atoms with Crippen molar-refractivity contribution in [2.75, 3.05) is 13.1 Å². The Kier molecular flexibility index (Phi) is 5.95. The lowest BCUT2D eigenvalue weighted by molar-refractivity contribution is -0.124. The third kappa shape index (κ3) is 4.55. The number of benzene rings is 1. The van der Waals surface area contributed by atoms with Crippen molar-refractivity contribution in [3.8, 4) is 5.75 Å². The number of hydrogen-bond donors (Lipinski definition) is 2. The molecule has 1 amide bonds. The van der Waals surface area contributed by atoms with Crippen LogP contribution in [-0.4, -0.2) is 25.1 Å². The SMILES string of the molecule is CC(CNC(=O)C(C)CN)Oc1ccccc1Cl. The van der Waals surface area contributed by atoms with E-state index in [4.69, 9.17) is 22.1 Å². The largest absolute Gasteiger partial charge is 0.487 e. The Morgan fingerprint density at radius 2 is 2.11 bits per heavy atom. The summed E-state index contributed by atoms with van der Waals surface area (Å²) in [4.78, 5) is 11.5. The summed E-state index contributed by atoms with van der Waals surface area (Å²) in [5.74, 6) is 0.373. The molecule has 18 heavy (non-hydrogen) atoms. The van der Waals surface area contributed by atoms with E-state index in [0.29, 0.717) is 23.9 Å². The molecule has 1 rings (SSSR count). The van der Waals surface area contributed by atoms with Gasteiger partial charge in [0.25, 0.3) is 0 Å². The standard InChI is InChI=1S/C13H19ClN2O2/c1-9(7-15)13(17)16-8-10(2)18-12-6-4-3-5-11(12)14/h3-6,9-10H,7-8,15H2,1-2H3,(H,16,17). The molecule has 4 nitrogen and oxygen atoms in total. The van der Waals surface area contributed by atoms with Gasteiger partial charge in [0.2, 0.25) is 5.91 Å². The number of halogens is 1. The zero-order chi connectivity index (χ0) is 13.5. The highest BCUT2D eigenvalue weighted by Crippen LogP contribution is 2.23. The van der Waals surface area contributed by atoms with Crippen LogP contribution in [0.2, 0.25) is 5.02 Å². The van der Waals surface area contributed by atoms with Crippen molar-refractivity contribution in [1.82, 2.24) is 5.32 Å². The monoisotopic (exact) mass is 270 g/mol. The number of carbonyl (C=O) groups is 1. The Morgan fingerprint density at radius 1 is 1.44 bits per heavy atom. The molecule has 0 aliphatic rings. The van der Waals surface area contributed by atoms with E-state index >= 15 is 0 Å². The number of carbonyl (C=O) groups excluding carboxylic acids is 1. The summed E-state index contributed by atoms with van der Waals surface area (Å²) < 4.78 is 5.63. The van der Waals surface area contributed by atoms with Gasteiger partial charge in [0, 0.05) is 12.5 Å². The molecular formula is C13H19ClN2O2. The maximum atomic E-state index is 11.5. The average Bonchev–Trinajstić information content (AvgIpc) is 2.37. The molecule has 0 heterocycles. The van der Waals surface area contributed by atoms with Crippen LogP contribution in [0.5, 0.6) is 5.75 Å². The fourth-order valence-electron chi connectivity index (χ4n) is 1.32. The maximum Gasteiger partial charge on any atom is 0.224 e. The van der Waals surface area contributed by atoms with Crippen LogP contribution in [0.25, 0.3) is 0 Å². The Morgan fingerprint density at radius 3 is 2.72 bits per heavy atom. The second kappa shape index (κ2) is 7.24. The molecule has 3 N–H and O–H groups in total. The number of ether oxygens (including phenoxy) is 1. The molecular weight excluding hydrogens is 252 g/mol. The van der Waals surface area contributed by atoms with E-state index < -0.39 is 0 Å². The van der Waals surface area contributed by atoms with Crippen LogP contribution < -0.4 is 15.8 Å². The number of rotatable bonds is 6. The minimum absolute atomic E-state index is 0.0629. The molecule has 5 heteroatoms. The van der Waals surface area contributed by atoms with Crippen molar-refractivity contribution in [2.45, 2.75) is 20.0 Å². The number of amides is 1. The first-order chi connectivity index (χ1) is 8.54. The van der Waals surface area contributed by atoms with Crippen molar-refractivity contribution in [3.05, 3.63) is 29.3 Å². The van der Waals surface area contributed by atoms with Crippen LogP contribution in [0.4, 0.5) is 0 Å². The highest BCUT2D eigenvalue weighted by Gasteiger charge is 2.12. The van der Waals surface area contributed by atoms with Crippen LogP contribution in [0.3, 0.4) is 0 Å². The number of nitrogens with one attached hydrogen (secondary N) is 1. The van der Waals surface area contributed by atoms with Crippen molar-refractivity contribution in [2.24, 2.45) is 11.7 Å². The van der Waals surface area contributed by atoms with Gasteiger partial charge in [0.1, 0.15) is 11.9 Å². The quantitative estimate of drug-likeness (QED) is 0.829. The summed E-state index contributed by atoms with van der Waals surface area (Å²) in [5.41, 5.74) is 5.41. The zero-order valence-corrected chi connectivity index (χ0v) is 11.4. The lowest BCUT2D eigenvalue weighted by Crippen LogP contribution is -2.38. The number of para-hydroxylation sites is 1.